The second-order valence-corrected chi connectivity index (χ2v) is 6.69. The maximum atomic E-state index is 12.1. The third-order valence-electron chi connectivity index (χ3n) is 2.72. The van der Waals surface area contributed by atoms with Crippen LogP contribution in [0.4, 0.5) is 4.79 Å². The predicted molar refractivity (Wildman–Crippen MR) is 76.9 cm³/mol. The summed E-state index contributed by atoms with van der Waals surface area (Å²) >= 11 is 8.21. The molecule has 2 amide bonds. The van der Waals surface area contributed by atoms with Crippen molar-refractivity contribution in [2.24, 2.45) is 0 Å². The average molecular weight is 302 g/mol. The quantitative estimate of drug-likeness (QED) is 0.784. The van der Waals surface area contributed by atoms with E-state index >= 15 is 0 Å². The molecule has 1 fully saturated rings. The van der Waals surface area contributed by atoms with Gasteiger partial charge >= 0.3 is 0 Å². The number of amides is 2. The van der Waals surface area contributed by atoms with Crippen LogP contribution in [0, 0.1) is 0 Å². The minimum Gasteiger partial charge on any atom is -0.268 e. The van der Waals surface area contributed by atoms with Crippen molar-refractivity contribution in [3.8, 4) is 0 Å². The van der Waals surface area contributed by atoms with Gasteiger partial charge in [0.15, 0.2) is 0 Å². The maximum Gasteiger partial charge on any atom is 0.293 e. The highest BCUT2D eigenvalue weighted by molar-refractivity contribution is 8.18. The van der Waals surface area contributed by atoms with Crippen LogP contribution in [0.25, 0.3) is 6.08 Å². The predicted octanol–water partition coefficient (Wildman–Crippen LogP) is 4.24. The Balaban J connectivity index is 2.25. The zero-order valence-corrected chi connectivity index (χ0v) is 12.4. The number of thioether (sulfide) groups is 1. The van der Waals surface area contributed by atoms with E-state index in [0.717, 1.165) is 23.1 Å². The summed E-state index contributed by atoms with van der Waals surface area (Å²) in [6, 6.07) is 3.55. The van der Waals surface area contributed by atoms with Crippen molar-refractivity contribution in [2.75, 3.05) is 0 Å². The zero-order valence-electron chi connectivity index (χ0n) is 9.97. The van der Waals surface area contributed by atoms with Crippen molar-refractivity contribution in [1.29, 1.82) is 0 Å². The second kappa shape index (κ2) is 5.47. The van der Waals surface area contributed by atoms with E-state index in [-0.39, 0.29) is 17.2 Å². The minimum atomic E-state index is -0.205. The van der Waals surface area contributed by atoms with Gasteiger partial charge in [-0.3, -0.25) is 14.5 Å². The molecule has 96 valence electrons. The van der Waals surface area contributed by atoms with Crippen LogP contribution >= 0.6 is 34.7 Å². The molecular weight excluding hydrogens is 290 g/mol. The number of hydrogen-bond acceptors (Lipinski definition) is 4. The second-order valence-electron chi connectivity index (χ2n) is 3.95. The van der Waals surface area contributed by atoms with Crippen LogP contribution in [-0.2, 0) is 4.79 Å². The van der Waals surface area contributed by atoms with E-state index in [1.807, 2.05) is 19.9 Å². The van der Waals surface area contributed by atoms with Crippen molar-refractivity contribution < 1.29 is 9.59 Å². The van der Waals surface area contributed by atoms with Gasteiger partial charge in [0.1, 0.15) is 0 Å². The minimum absolute atomic E-state index is 0.0599. The van der Waals surface area contributed by atoms with Crippen LogP contribution in [0.5, 0.6) is 0 Å². The lowest BCUT2D eigenvalue weighted by molar-refractivity contribution is -0.124. The highest BCUT2D eigenvalue weighted by Crippen LogP contribution is 2.35. The molecule has 0 spiro atoms. The Morgan fingerprint density at radius 1 is 1.44 bits per heavy atom. The normalized spacial score (nSPS) is 19.9. The number of carbonyl (C=O) groups excluding carboxylic acids is 2. The van der Waals surface area contributed by atoms with Gasteiger partial charge in [-0.25, -0.2) is 0 Å². The van der Waals surface area contributed by atoms with Gasteiger partial charge in [-0.15, -0.1) is 11.3 Å². The molecule has 6 heteroatoms. The van der Waals surface area contributed by atoms with Gasteiger partial charge in [-0.05, 0) is 43.3 Å². The molecule has 1 aromatic heterocycles. The third-order valence-corrected chi connectivity index (χ3v) is 4.78. The summed E-state index contributed by atoms with van der Waals surface area (Å²) in [5.41, 5.74) is 0. The first-order valence-electron chi connectivity index (χ1n) is 5.55. The van der Waals surface area contributed by atoms with Crippen LogP contribution in [-0.4, -0.2) is 22.1 Å². The van der Waals surface area contributed by atoms with Gasteiger partial charge in [-0.2, -0.15) is 0 Å². The Morgan fingerprint density at radius 3 is 2.72 bits per heavy atom. The molecular formula is C12H12ClNO2S2. The molecule has 3 nitrogen and oxygen atoms in total. The summed E-state index contributed by atoms with van der Waals surface area (Å²) in [5, 5.41) is -0.191. The Hall–Kier alpha value is -0.780. The van der Waals surface area contributed by atoms with Crippen LogP contribution < -0.4 is 0 Å². The van der Waals surface area contributed by atoms with Gasteiger partial charge in [0.25, 0.3) is 11.1 Å². The van der Waals surface area contributed by atoms with Crippen molar-refractivity contribution in [2.45, 2.75) is 26.3 Å². The molecule has 0 N–H and O–H groups in total. The summed E-state index contributed by atoms with van der Waals surface area (Å²) in [4.78, 5) is 26.6. The molecule has 1 atom stereocenters. The first kappa shape index (κ1) is 13.6. The molecule has 1 saturated heterocycles. The molecule has 1 aromatic rings. The van der Waals surface area contributed by atoms with E-state index in [9.17, 15) is 9.59 Å². The molecule has 0 bridgehead atoms. The number of imide groups is 1. The number of nitrogens with zero attached hydrogens (tertiary/aromatic N) is 1. The van der Waals surface area contributed by atoms with Crippen LogP contribution in [0.1, 0.15) is 25.1 Å². The van der Waals surface area contributed by atoms with Gasteiger partial charge < -0.3 is 0 Å². The SMILES string of the molecule is CCC(C)N1C(=O)S/C(=C\c2ccc(Cl)s2)C1=O. The van der Waals surface area contributed by atoms with E-state index in [2.05, 4.69) is 0 Å². The topological polar surface area (TPSA) is 37.4 Å². The largest absolute Gasteiger partial charge is 0.293 e. The Labute approximate surface area is 119 Å². The summed E-state index contributed by atoms with van der Waals surface area (Å²) in [7, 11) is 0. The molecule has 0 saturated carbocycles. The summed E-state index contributed by atoms with van der Waals surface area (Å²) in [6.45, 7) is 3.83. The highest BCUT2D eigenvalue weighted by Gasteiger charge is 2.37. The van der Waals surface area contributed by atoms with Crippen LogP contribution in [0.15, 0.2) is 17.0 Å². The highest BCUT2D eigenvalue weighted by atomic mass is 35.5. The lowest BCUT2D eigenvalue weighted by Gasteiger charge is -2.19. The first-order chi connectivity index (χ1) is 8.52. The summed E-state index contributed by atoms with van der Waals surface area (Å²) < 4.78 is 0.669. The Bertz CT molecular complexity index is 524. The molecule has 2 heterocycles. The molecule has 1 aliphatic rings. The number of hydrogen-bond donors (Lipinski definition) is 0. The van der Waals surface area contributed by atoms with Crippen molar-refractivity contribution in [1.82, 2.24) is 4.90 Å². The fourth-order valence-corrected chi connectivity index (χ4v) is 3.58. The molecule has 1 unspecified atom stereocenters. The van der Waals surface area contributed by atoms with E-state index in [1.165, 1.54) is 16.2 Å². The van der Waals surface area contributed by atoms with Crippen LogP contribution in [0.3, 0.4) is 0 Å². The molecule has 2 rings (SSSR count). The number of rotatable bonds is 3. The molecule has 0 aliphatic carbocycles. The van der Waals surface area contributed by atoms with E-state index in [1.54, 1.807) is 12.1 Å². The van der Waals surface area contributed by atoms with Crippen molar-refractivity contribution in [3.05, 3.63) is 26.3 Å². The molecule has 0 radical (unpaired) electrons. The fraction of sp³-hybridized carbons (Fsp3) is 0.333. The number of carbonyl (C=O) groups is 2. The van der Waals surface area contributed by atoms with Gasteiger partial charge in [-0.1, -0.05) is 18.5 Å². The first-order valence-corrected chi connectivity index (χ1v) is 7.56. The standard InChI is InChI=1S/C12H12ClNO2S2/c1-3-7(2)14-11(15)9(18-12(14)16)6-8-4-5-10(13)17-8/h4-7H,3H2,1-2H3/b9-6-. The maximum absolute atomic E-state index is 12.1. The van der Waals surface area contributed by atoms with Gasteiger partial charge in [0.05, 0.1) is 9.24 Å². The fourth-order valence-electron chi connectivity index (χ4n) is 1.58. The summed E-state index contributed by atoms with van der Waals surface area (Å²) in [6.07, 6.45) is 2.49. The lowest BCUT2D eigenvalue weighted by Crippen LogP contribution is -2.36. The Kier molecular flexibility index (Phi) is 4.14. The van der Waals surface area contributed by atoms with Gasteiger partial charge in [0.2, 0.25) is 0 Å². The third kappa shape index (κ3) is 2.63. The van der Waals surface area contributed by atoms with Crippen molar-refractivity contribution >= 4 is 51.9 Å². The number of thiophene rings is 1. The van der Waals surface area contributed by atoms with Crippen LogP contribution in [0.2, 0.25) is 4.34 Å². The molecule has 1 aliphatic heterocycles. The van der Waals surface area contributed by atoms with Crippen molar-refractivity contribution in [3.63, 3.8) is 0 Å². The monoisotopic (exact) mass is 301 g/mol. The summed E-state index contributed by atoms with van der Waals surface area (Å²) in [5.74, 6) is -0.205. The molecule has 18 heavy (non-hydrogen) atoms. The molecule has 0 aromatic carbocycles. The van der Waals surface area contributed by atoms with E-state index in [0.29, 0.717) is 9.24 Å². The smallest absolute Gasteiger partial charge is 0.268 e. The number of halogens is 1. The van der Waals surface area contributed by atoms with Gasteiger partial charge in [0, 0.05) is 10.9 Å². The van der Waals surface area contributed by atoms with E-state index in [4.69, 9.17) is 11.6 Å². The zero-order chi connectivity index (χ0) is 13.3. The lowest BCUT2D eigenvalue weighted by atomic mass is 10.2. The average Bonchev–Trinajstić information content (AvgIpc) is 2.84. The Morgan fingerprint density at radius 2 is 2.17 bits per heavy atom. The van der Waals surface area contributed by atoms with E-state index < -0.39 is 0 Å².